The van der Waals surface area contributed by atoms with Crippen LogP contribution in [-0.2, 0) is 0 Å². The van der Waals surface area contributed by atoms with E-state index in [4.69, 9.17) is 0 Å². The first-order valence-corrected chi connectivity index (χ1v) is 9.55. The summed E-state index contributed by atoms with van der Waals surface area (Å²) in [6, 6.07) is 0. The molecule has 1 heteroatoms. The van der Waals surface area contributed by atoms with Crippen LogP contribution in [0.4, 0.5) is 0 Å². The van der Waals surface area contributed by atoms with Crippen molar-refractivity contribution in [3.8, 4) is 12.8 Å². The molecule has 0 radical (unpaired) electrons. The van der Waals surface area contributed by atoms with Gasteiger partial charge in [-0.1, -0.05) is 30.7 Å². The van der Waals surface area contributed by atoms with E-state index < -0.39 is 0 Å². The van der Waals surface area contributed by atoms with Crippen molar-refractivity contribution >= 4 is 0 Å². The van der Waals surface area contributed by atoms with E-state index in [0.717, 1.165) is 42.9 Å². The Balaban J connectivity index is 0.000000753. The van der Waals surface area contributed by atoms with Crippen LogP contribution < -0.4 is 0 Å². The van der Waals surface area contributed by atoms with E-state index in [1.165, 1.54) is 44.1 Å². The average Bonchev–Trinajstić information content (AvgIpc) is 2.93. The van der Waals surface area contributed by atoms with E-state index in [9.17, 15) is 5.11 Å². The summed E-state index contributed by atoms with van der Waals surface area (Å²) in [6.07, 6.45) is 21.7. The second-order valence-corrected chi connectivity index (χ2v) is 8.17. The van der Waals surface area contributed by atoms with Gasteiger partial charge in [-0.25, -0.2) is 0 Å². The molecule has 6 atom stereocenters. The highest BCUT2D eigenvalue weighted by molar-refractivity contribution is 5.27. The van der Waals surface area contributed by atoms with E-state index in [1.54, 1.807) is 5.57 Å². The Morgan fingerprint density at radius 3 is 2.78 bits per heavy atom. The molecule has 0 bridgehead atoms. The molecule has 0 aromatic rings. The lowest BCUT2D eigenvalue weighted by atomic mass is 9.50. The highest BCUT2D eigenvalue weighted by atomic mass is 16.3. The molecule has 0 saturated heterocycles. The zero-order valence-corrected chi connectivity index (χ0v) is 14.6. The van der Waals surface area contributed by atoms with Gasteiger partial charge >= 0.3 is 0 Å². The van der Waals surface area contributed by atoms with E-state index in [1.807, 2.05) is 0 Å². The van der Waals surface area contributed by atoms with Gasteiger partial charge in [-0.05, 0) is 81.5 Å². The Morgan fingerprint density at radius 2 is 2.04 bits per heavy atom. The molecule has 1 nitrogen and oxygen atoms in total. The third-order valence-corrected chi connectivity index (χ3v) is 7.62. The number of rotatable bonds is 1. The van der Waals surface area contributed by atoms with Crippen molar-refractivity contribution in [1.82, 2.24) is 0 Å². The third-order valence-electron chi connectivity index (χ3n) is 7.62. The Kier molecular flexibility index (Phi) is 4.75. The van der Waals surface area contributed by atoms with Crippen molar-refractivity contribution in [2.24, 2.45) is 29.1 Å². The summed E-state index contributed by atoms with van der Waals surface area (Å²) in [5.41, 5.74) is 3.41. The maximum atomic E-state index is 10.7. The zero-order valence-electron chi connectivity index (χ0n) is 14.6. The van der Waals surface area contributed by atoms with E-state index in [-0.39, 0.29) is 11.5 Å². The molecule has 4 aliphatic carbocycles. The van der Waals surface area contributed by atoms with Crippen LogP contribution in [0.15, 0.2) is 23.8 Å². The second-order valence-electron chi connectivity index (χ2n) is 8.17. The molecule has 0 aromatic heterocycles. The van der Waals surface area contributed by atoms with Crippen molar-refractivity contribution < 1.29 is 5.11 Å². The molecule has 3 fully saturated rings. The Hall–Kier alpha value is -1.00. The van der Waals surface area contributed by atoms with Gasteiger partial charge in [0.15, 0.2) is 0 Å². The van der Waals surface area contributed by atoms with Gasteiger partial charge in [0.1, 0.15) is 0 Å². The normalized spacial score (nSPS) is 45.0. The summed E-state index contributed by atoms with van der Waals surface area (Å²) >= 11 is 0. The molecule has 1 N–H and O–H groups in total. The standard InChI is InChI=1S/C20H30O.C2H2/c1-3-20-12-13(2)19-15-7-5-4-6-14(15)8-9-16(19)17(20)10-11-18(20)21;1-2/h6,15-19,21H,2-5,7-12H2,1H3;1-2H. The van der Waals surface area contributed by atoms with Gasteiger partial charge in [-0.15, -0.1) is 12.8 Å². The molecule has 0 amide bonds. The average molecular weight is 312 g/mol. The molecule has 0 aliphatic heterocycles. The third kappa shape index (κ3) is 2.42. The van der Waals surface area contributed by atoms with Gasteiger partial charge in [-0.3, -0.25) is 0 Å². The van der Waals surface area contributed by atoms with Gasteiger partial charge in [0.2, 0.25) is 0 Å². The maximum Gasteiger partial charge on any atom is 0.0602 e. The molecule has 3 saturated carbocycles. The van der Waals surface area contributed by atoms with Gasteiger partial charge in [0.05, 0.1) is 6.10 Å². The van der Waals surface area contributed by atoms with Gasteiger partial charge in [-0.2, -0.15) is 0 Å². The minimum atomic E-state index is -0.0755. The van der Waals surface area contributed by atoms with Crippen LogP contribution in [-0.4, -0.2) is 11.2 Å². The van der Waals surface area contributed by atoms with Crippen LogP contribution in [0, 0.1) is 41.9 Å². The topological polar surface area (TPSA) is 20.2 Å². The van der Waals surface area contributed by atoms with Gasteiger partial charge in [0, 0.05) is 5.41 Å². The predicted molar refractivity (Wildman–Crippen MR) is 96.7 cm³/mol. The van der Waals surface area contributed by atoms with Crippen LogP contribution in [0.25, 0.3) is 0 Å². The van der Waals surface area contributed by atoms with Crippen LogP contribution in [0.5, 0.6) is 0 Å². The molecular formula is C22H32O. The maximum absolute atomic E-state index is 10.7. The highest BCUT2D eigenvalue weighted by Crippen LogP contribution is 2.64. The van der Waals surface area contributed by atoms with Gasteiger partial charge < -0.3 is 5.11 Å². The second kappa shape index (κ2) is 6.48. The SMILES string of the molecule is C#C.C=C1CC2(CC)C(O)CCC2C2CCC3=CCCCC3C12. The van der Waals surface area contributed by atoms with E-state index in [0.29, 0.717) is 0 Å². The minimum absolute atomic E-state index is 0.0755. The van der Waals surface area contributed by atoms with Crippen molar-refractivity contribution in [2.75, 3.05) is 0 Å². The molecule has 126 valence electrons. The smallest absolute Gasteiger partial charge is 0.0602 e. The summed E-state index contributed by atoms with van der Waals surface area (Å²) < 4.78 is 0. The van der Waals surface area contributed by atoms with Crippen LogP contribution in [0.2, 0.25) is 0 Å². The molecule has 4 aliphatic rings. The lowest BCUT2D eigenvalue weighted by Gasteiger charge is -2.55. The number of terminal acetylenes is 1. The fourth-order valence-corrected chi connectivity index (χ4v) is 6.72. The lowest BCUT2D eigenvalue weighted by molar-refractivity contribution is -0.0414. The molecule has 6 unspecified atom stereocenters. The first-order valence-electron chi connectivity index (χ1n) is 9.55. The van der Waals surface area contributed by atoms with Crippen molar-refractivity contribution in [3.05, 3.63) is 23.8 Å². The summed E-state index contributed by atoms with van der Waals surface area (Å²) in [5.74, 6) is 3.11. The van der Waals surface area contributed by atoms with E-state index in [2.05, 4.69) is 32.4 Å². The van der Waals surface area contributed by atoms with Crippen LogP contribution in [0.1, 0.15) is 64.7 Å². The number of hydrogen-bond acceptors (Lipinski definition) is 1. The van der Waals surface area contributed by atoms with Crippen molar-refractivity contribution in [1.29, 1.82) is 0 Å². The number of aliphatic hydroxyl groups is 1. The van der Waals surface area contributed by atoms with E-state index >= 15 is 0 Å². The first kappa shape index (κ1) is 16.8. The van der Waals surface area contributed by atoms with Gasteiger partial charge in [0.25, 0.3) is 0 Å². The predicted octanol–water partition coefficient (Wildman–Crippen LogP) is 5.12. The first-order chi connectivity index (χ1) is 11.2. The molecule has 0 aromatic carbocycles. The number of fused-ring (bicyclic) bond motifs is 5. The molecule has 0 heterocycles. The summed E-state index contributed by atoms with van der Waals surface area (Å²) in [4.78, 5) is 0. The van der Waals surface area contributed by atoms with Crippen molar-refractivity contribution in [2.45, 2.75) is 70.8 Å². The molecule has 23 heavy (non-hydrogen) atoms. The minimum Gasteiger partial charge on any atom is -0.393 e. The summed E-state index contributed by atoms with van der Waals surface area (Å²) in [6.45, 7) is 6.83. The number of aliphatic hydroxyl groups excluding tert-OH is 1. The fourth-order valence-electron chi connectivity index (χ4n) is 6.72. The Bertz CT molecular complexity index is 513. The Morgan fingerprint density at radius 1 is 1.26 bits per heavy atom. The quantitative estimate of drug-likeness (QED) is 0.526. The molecule has 4 rings (SSSR count). The number of hydrogen-bond donors (Lipinski definition) is 1. The zero-order chi connectivity index (χ0) is 16.6. The Labute approximate surface area is 142 Å². The van der Waals surface area contributed by atoms with Crippen molar-refractivity contribution in [3.63, 3.8) is 0 Å². The number of allylic oxidation sites excluding steroid dienone is 3. The largest absolute Gasteiger partial charge is 0.393 e. The van der Waals surface area contributed by atoms with Crippen LogP contribution in [0.3, 0.4) is 0 Å². The fraction of sp³-hybridized carbons (Fsp3) is 0.727. The molecule has 0 spiro atoms. The lowest BCUT2D eigenvalue weighted by Crippen LogP contribution is -2.49. The monoisotopic (exact) mass is 312 g/mol. The summed E-state index contributed by atoms with van der Waals surface area (Å²) in [5, 5.41) is 10.7. The molecular weight excluding hydrogens is 280 g/mol. The summed E-state index contributed by atoms with van der Waals surface area (Å²) in [7, 11) is 0. The van der Waals surface area contributed by atoms with Crippen LogP contribution >= 0.6 is 0 Å². The highest BCUT2D eigenvalue weighted by Gasteiger charge is 2.58.